The first-order valence-corrected chi connectivity index (χ1v) is 10.5. The average molecular weight is 410 g/mol. The van der Waals surface area contributed by atoms with E-state index in [1.165, 1.54) is 23.0 Å². The molecule has 0 saturated carbocycles. The van der Waals surface area contributed by atoms with Crippen LogP contribution in [0.5, 0.6) is 0 Å². The van der Waals surface area contributed by atoms with Crippen LogP contribution in [-0.2, 0) is 17.6 Å². The number of rotatable bonds is 5. The fourth-order valence-electron chi connectivity index (χ4n) is 3.48. The first-order chi connectivity index (χ1) is 14.0. The average Bonchev–Trinajstić information content (AvgIpc) is 3.17. The van der Waals surface area contributed by atoms with Crippen LogP contribution in [0, 0.1) is 10.1 Å². The monoisotopic (exact) mass is 410 g/mol. The van der Waals surface area contributed by atoms with Gasteiger partial charge in [0.05, 0.1) is 21.6 Å². The maximum absolute atomic E-state index is 12.6. The molecule has 3 aromatic rings. The van der Waals surface area contributed by atoms with E-state index in [1.807, 2.05) is 17.0 Å². The SMILES string of the molecule is CCc1ccc(CC(=O)N2CCN(c3nc4ccc([N+](=O)[O-])cc4s3)CC2)cc1. The molecule has 8 heteroatoms. The van der Waals surface area contributed by atoms with Gasteiger partial charge in [-0.15, -0.1) is 0 Å². The minimum Gasteiger partial charge on any atom is -0.345 e. The van der Waals surface area contributed by atoms with Crippen molar-refractivity contribution in [3.05, 3.63) is 63.7 Å². The molecule has 0 N–H and O–H groups in total. The van der Waals surface area contributed by atoms with Crippen LogP contribution < -0.4 is 4.90 Å². The fourth-order valence-corrected chi connectivity index (χ4v) is 4.53. The lowest BCUT2D eigenvalue weighted by Gasteiger charge is -2.34. The Balaban J connectivity index is 1.37. The highest BCUT2D eigenvalue weighted by Gasteiger charge is 2.23. The topological polar surface area (TPSA) is 79.6 Å². The lowest BCUT2D eigenvalue weighted by molar-refractivity contribution is -0.384. The summed E-state index contributed by atoms with van der Waals surface area (Å²) >= 11 is 1.46. The van der Waals surface area contributed by atoms with E-state index in [4.69, 9.17) is 0 Å². The van der Waals surface area contributed by atoms with Gasteiger partial charge in [-0.2, -0.15) is 0 Å². The number of non-ortho nitro benzene ring substituents is 1. The number of amides is 1. The second-order valence-corrected chi connectivity index (χ2v) is 8.13. The van der Waals surface area contributed by atoms with Gasteiger partial charge in [0.1, 0.15) is 0 Å². The Morgan fingerprint density at radius 2 is 1.79 bits per heavy atom. The molecule has 29 heavy (non-hydrogen) atoms. The van der Waals surface area contributed by atoms with Crippen molar-refractivity contribution in [2.24, 2.45) is 0 Å². The molecule has 7 nitrogen and oxygen atoms in total. The highest BCUT2D eigenvalue weighted by atomic mass is 32.1. The van der Waals surface area contributed by atoms with Gasteiger partial charge in [0, 0.05) is 38.3 Å². The Morgan fingerprint density at radius 3 is 2.45 bits per heavy atom. The number of fused-ring (bicyclic) bond motifs is 1. The molecule has 0 unspecified atom stereocenters. The van der Waals surface area contributed by atoms with Crippen molar-refractivity contribution >= 4 is 38.3 Å². The lowest BCUT2D eigenvalue weighted by Crippen LogP contribution is -2.49. The first-order valence-electron chi connectivity index (χ1n) is 9.69. The van der Waals surface area contributed by atoms with E-state index in [0.717, 1.165) is 27.3 Å². The normalized spacial score (nSPS) is 14.4. The molecule has 0 atom stereocenters. The summed E-state index contributed by atoms with van der Waals surface area (Å²) in [6, 6.07) is 13.0. The van der Waals surface area contributed by atoms with Crippen LogP contribution in [0.2, 0.25) is 0 Å². The summed E-state index contributed by atoms with van der Waals surface area (Å²) in [6.45, 7) is 4.85. The number of benzene rings is 2. The van der Waals surface area contributed by atoms with Crippen molar-refractivity contribution in [2.75, 3.05) is 31.1 Å². The maximum Gasteiger partial charge on any atom is 0.270 e. The second-order valence-electron chi connectivity index (χ2n) is 7.12. The molecular formula is C21H22N4O3S. The van der Waals surface area contributed by atoms with Gasteiger partial charge in [0.2, 0.25) is 5.91 Å². The number of anilines is 1. The Hall–Kier alpha value is -3.00. The number of carbonyl (C=O) groups is 1. The number of nitrogens with zero attached hydrogens (tertiary/aromatic N) is 4. The molecule has 2 aromatic carbocycles. The molecular weight excluding hydrogens is 388 g/mol. The summed E-state index contributed by atoms with van der Waals surface area (Å²) in [4.78, 5) is 31.9. The van der Waals surface area contributed by atoms with Crippen LogP contribution >= 0.6 is 11.3 Å². The highest BCUT2D eigenvalue weighted by molar-refractivity contribution is 7.22. The molecule has 1 aliphatic rings. The predicted molar refractivity (Wildman–Crippen MR) is 115 cm³/mol. The zero-order valence-electron chi connectivity index (χ0n) is 16.2. The molecule has 0 aliphatic carbocycles. The summed E-state index contributed by atoms with van der Waals surface area (Å²) in [7, 11) is 0. The maximum atomic E-state index is 12.6. The summed E-state index contributed by atoms with van der Waals surface area (Å²) in [5.74, 6) is 0.147. The van der Waals surface area contributed by atoms with Gasteiger partial charge in [0.15, 0.2) is 5.13 Å². The zero-order chi connectivity index (χ0) is 20.4. The molecule has 1 amide bonds. The minimum atomic E-state index is -0.390. The largest absolute Gasteiger partial charge is 0.345 e. The summed E-state index contributed by atoms with van der Waals surface area (Å²) in [5.41, 5.74) is 3.16. The van der Waals surface area contributed by atoms with E-state index >= 15 is 0 Å². The third-order valence-corrected chi connectivity index (χ3v) is 6.34. The molecule has 2 heterocycles. The molecule has 1 saturated heterocycles. The van der Waals surface area contributed by atoms with Gasteiger partial charge in [-0.25, -0.2) is 4.98 Å². The number of nitro groups is 1. The van der Waals surface area contributed by atoms with Crippen molar-refractivity contribution in [3.63, 3.8) is 0 Å². The van der Waals surface area contributed by atoms with E-state index in [1.54, 1.807) is 12.1 Å². The molecule has 0 bridgehead atoms. The summed E-state index contributed by atoms with van der Waals surface area (Å²) in [5, 5.41) is 11.8. The smallest absolute Gasteiger partial charge is 0.270 e. The van der Waals surface area contributed by atoms with Crippen LogP contribution in [0.25, 0.3) is 10.2 Å². The van der Waals surface area contributed by atoms with Gasteiger partial charge in [-0.05, 0) is 23.6 Å². The number of aryl methyl sites for hydroxylation is 1. The first kappa shape index (κ1) is 19.3. The van der Waals surface area contributed by atoms with E-state index in [9.17, 15) is 14.9 Å². The number of piperazine rings is 1. The number of thiazole rings is 1. The number of carbonyl (C=O) groups excluding carboxylic acids is 1. The van der Waals surface area contributed by atoms with Gasteiger partial charge < -0.3 is 9.80 Å². The van der Waals surface area contributed by atoms with Crippen molar-refractivity contribution in [1.29, 1.82) is 0 Å². The van der Waals surface area contributed by atoms with E-state index in [0.29, 0.717) is 32.6 Å². The van der Waals surface area contributed by atoms with Crippen LogP contribution in [0.3, 0.4) is 0 Å². The molecule has 0 radical (unpaired) electrons. The van der Waals surface area contributed by atoms with Crippen LogP contribution in [0.4, 0.5) is 10.8 Å². The van der Waals surface area contributed by atoms with Gasteiger partial charge in [-0.3, -0.25) is 14.9 Å². The molecule has 150 valence electrons. The molecule has 4 rings (SSSR count). The summed E-state index contributed by atoms with van der Waals surface area (Å²) in [6.07, 6.45) is 1.42. The second kappa shape index (κ2) is 8.16. The van der Waals surface area contributed by atoms with Crippen LogP contribution in [0.15, 0.2) is 42.5 Å². The Labute approximate surface area is 172 Å². The summed E-state index contributed by atoms with van der Waals surface area (Å²) < 4.78 is 0.809. The predicted octanol–water partition coefficient (Wildman–Crippen LogP) is 3.66. The van der Waals surface area contributed by atoms with E-state index in [2.05, 4.69) is 28.9 Å². The minimum absolute atomic E-state index is 0.0788. The van der Waals surface area contributed by atoms with Crippen molar-refractivity contribution in [1.82, 2.24) is 9.88 Å². The third kappa shape index (κ3) is 4.22. The number of aromatic nitrogens is 1. The van der Waals surface area contributed by atoms with Gasteiger partial charge in [0.25, 0.3) is 5.69 Å². The van der Waals surface area contributed by atoms with Crippen LogP contribution in [-0.4, -0.2) is 46.9 Å². The standard InChI is InChI=1S/C21H22N4O3S/c1-2-15-3-5-16(6-4-15)13-20(26)23-9-11-24(12-10-23)21-22-18-8-7-17(25(27)28)14-19(18)29-21/h3-8,14H,2,9-13H2,1H3. The van der Waals surface area contributed by atoms with E-state index in [-0.39, 0.29) is 16.5 Å². The number of hydrogen-bond donors (Lipinski definition) is 0. The number of nitro benzene ring substituents is 1. The highest BCUT2D eigenvalue weighted by Crippen LogP contribution is 2.31. The van der Waals surface area contributed by atoms with Crippen molar-refractivity contribution in [2.45, 2.75) is 19.8 Å². The quantitative estimate of drug-likeness (QED) is 0.474. The van der Waals surface area contributed by atoms with Gasteiger partial charge >= 0.3 is 0 Å². The zero-order valence-corrected chi connectivity index (χ0v) is 17.0. The Bertz CT molecular complexity index is 1040. The molecule has 1 fully saturated rings. The Kier molecular flexibility index (Phi) is 5.44. The lowest BCUT2D eigenvalue weighted by atomic mass is 10.1. The molecule has 1 aliphatic heterocycles. The van der Waals surface area contributed by atoms with E-state index < -0.39 is 0 Å². The van der Waals surface area contributed by atoms with Crippen LogP contribution in [0.1, 0.15) is 18.1 Å². The molecule has 0 spiro atoms. The number of hydrogen-bond acceptors (Lipinski definition) is 6. The van der Waals surface area contributed by atoms with Gasteiger partial charge in [-0.1, -0.05) is 42.5 Å². The third-order valence-electron chi connectivity index (χ3n) is 5.26. The van der Waals surface area contributed by atoms with Crippen molar-refractivity contribution < 1.29 is 9.72 Å². The van der Waals surface area contributed by atoms with Crippen molar-refractivity contribution in [3.8, 4) is 0 Å². The Morgan fingerprint density at radius 1 is 1.10 bits per heavy atom. The fraction of sp³-hybridized carbons (Fsp3) is 0.333. The molecule has 1 aromatic heterocycles.